The Morgan fingerprint density at radius 2 is 2.00 bits per heavy atom. The molecule has 0 saturated carbocycles. The Labute approximate surface area is 125 Å². The van der Waals surface area contributed by atoms with Gasteiger partial charge >= 0.3 is 0 Å². The molecule has 0 spiro atoms. The summed E-state index contributed by atoms with van der Waals surface area (Å²) in [7, 11) is 1.60. The van der Waals surface area contributed by atoms with E-state index in [0.717, 1.165) is 11.3 Å². The monoisotopic (exact) mass is 290 g/mol. The zero-order valence-electron chi connectivity index (χ0n) is 13.0. The van der Waals surface area contributed by atoms with E-state index in [1.165, 1.54) is 0 Å². The van der Waals surface area contributed by atoms with Gasteiger partial charge in [-0.2, -0.15) is 0 Å². The molecule has 0 bridgehead atoms. The number of amides is 2. The number of ether oxygens (including phenoxy) is 1. The summed E-state index contributed by atoms with van der Waals surface area (Å²) in [5.74, 6) is 0.555. The molecule has 2 rings (SSSR count). The fourth-order valence-electron chi connectivity index (χ4n) is 2.62. The largest absolute Gasteiger partial charge is 0.496 e. The highest BCUT2D eigenvalue weighted by Gasteiger charge is 2.47. The van der Waals surface area contributed by atoms with E-state index in [1.54, 1.807) is 18.9 Å². The zero-order valence-corrected chi connectivity index (χ0v) is 13.0. The minimum atomic E-state index is -0.829. The maximum Gasteiger partial charge on any atom is 0.246 e. The first kappa shape index (κ1) is 15.4. The van der Waals surface area contributed by atoms with Crippen LogP contribution in [0.5, 0.6) is 5.75 Å². The molecule has 1 aromatic carbocycles. The first-order valence-electron chi connectivity index (χ1n) is 7.18. The van der Waals surface area contributed by atoms with E-state index < -0.39 is 11.6 Å². The molecule has 1 aromatic rings. The van der Waals surface area contributed by atoms with Crippen molar-refractivity contribution >= 4 is 11.8 Å². The van der Waals surface area contributed by atoms with Gasteiger partial charge in [0.05, 0.1) is 13.7 Å². The molecule has 1 heterocycles. The molecule has 2 amide bonds. The van der Waals surface area contributed by atoms with Gasteiger partial charge in [0.15, 0.2) is 0 Å². The maximum atomic E-state index is 12.5. The number of hydrogen-bond acceptors (Lipinski definition) is 3. The van der Waals surface area contributed by atoms with Crippen molar-refractivity contribution in [2.45, 2.75) is 45.3 Å². The van der Waals surface area contributed by atoms with Gasteiger partial charge in [-0.15, -0.1) is 0 Å². The highest BCUT2D eigenvalue weighted by molar-refractivity contribution is 5.99. The van der Waals surface area contributed by atoms with E-state index in [-0.39, 0.29) is 11.8 Å². The van der Waals surface area contributed by atoms with E-state index in [9.17, 15) is 9.59 Å². The fraction of sp³-hybridized carbons (Fsp3) is 0.500. The van der Waals surface area contributed by atoms with Gasteiger partial charge in [-0.3, -0.25) is 9.59 Å². The summed E-state index contributed by atoms with van der Waals surface area (Å²) in [5, 5.41) is 2.75. The van der Waals surface area contributed by atoms with Crippen molar-refractivity contribution in [2.75, 3.05) is 7.11 Å². The topological polar surface area (TPSA) is 58.6 Å². The number of nitrogens with zero attached hydrogens (tertiary/aromatic N) is 1. The quantitative estimate of drug-likeness (QED) is 0.918. The molecule has 114 valence electrons. The minimum absolute atomic E-state index is 0.0649. The zero-order chi connectivity index (χ0) is 15.6. The summed E-state index contributed by atoms with van der Waals surface area (Å²) in [6.45, 7) is 5.80. The summed E-state index contributed by atoms with van der Waals surface area (Å²) >= 11 is 0. The summed E-state index contributed by atoms with van der Waals surface area (Å²) in [6.07, 6.45) is 0.562. The van der Waals surface area contributed by atoms with Gasteiger partial charge in [0.25, 0.3) is 0 Å². The van der Waals surface area contributed by atoms with Gasteiger partial charge in [0.2, 0.25) is 11.8 Å². The van der Waals surface area contributed by atoms with Crippen LogP contribution in [0.25, 0.3) is 0 Å². The fourth-order valence-corrected chi connectivity index (χ4v) is 2.62. The van der Waals surface area contributed by atoms with Crippen molar-refractivity contribution in [3.05, 3.63) is 29.8 Å². The van der Waals surface area contributed by atoms with Crippen molar-refractivity contribution in [1.29, 1.82) is 0 Å². The summed E-state index contributed by atoms with van der Waals surface area (Å²) in [6, 6.07) is 7.07. The molecule has 5 nitrogen and oxygen atoms in total. The van der Waals surface area contributed by atoms with Crippen molar-refractivity contribution in [3.63, 3.8) is 0 Å². The third-order valence-electron chi connectivity index (χ3n) is 4.28. The van der Waals surface area contributed by atoms with Gasteiger partial charge in [-0.1, -0.05) is 25.1 Å². The third-order valence-corrected chi connectivity index (χ3v) is 4.28. The maximum absolute atomic E-state index is 12.5. The predicted octanol–water partition coefficient (Wildman–Crippen LogP) is 1.71. The van der Waals surface area contributed by atoms with Crippen molar-refractivity contribution in [2.24, 2.45) is 0 Å². The van der Waals surface area contributed by atoms with Gasteiger partial charge in [-0.25, -0.2) is 0 Å². The molecule has 1 saturated heterocycles. The van der Waals surface area contributed by atoms with Crippen molar-refractivity contribution in [1.82, 2.24) is 10.2 Å². The van der Waals surface area contributed by atoms with Gasteiger partial charge in [0, 0.05) is 5.56 Å². The Morgan fingerprint density at radius 3 is 2.62 bits per heavy atom. The number of benzene rings is 1. The molecule has 1 aliphatic heterocycles. The Bertz CT molecular complexity index is 558. The second-order valence-electron chi connectivity index (χ2n) is 5.56. The molecule has 5 heteroatoms. The van der Waals surface area contributed by atoms with E-state index in [0.29, 0.717) is 13.0 Å². The highest BCUT2D eigenvalue weighted by Crippen LogP contribution is 2.29. The van der Waals surface area contributed by atoms with Crippen LogP contribution in [-0.2, 0) is 16.1 Å². The molecule has 0 radical (unpaired) electrons. The molecule has 0 aliphatic carbocycles. The van der Waals surface area contributed by atoms with E-state index in [2.05, 4.69) is 5.32 Å². The molecule has 1 aliphatic rings. The summed E-state index contributed by atoms with van der Waals surface area (Å²) < 4.78 is 5.34. The van der Waals surface area contributed by atoms with Crippen LogP contribution in [0, 0.1) is 0 Å². The van der Waals surface area contributed by atoms with Crippen LogP contribution in [0.1, 0.15) is 32.8 Å². The lowest BCUT2D eigenvalue weighted by Gasteiger charge is -2.45. The van der Waals surface area contributed by atoms with Crippen LogP contribution >= 0.6 is 0 Å². The Kier molecular flexibility index (Phi) is 4.21. The Hall–Kier alpha value is -2.04. The molecule has 21 heavy (non-hydrogen) atoms. The number of carbonyl (C=O) groups is 2. The normalized spacial score (nSPS) is 25.7. The van der Waals surface area contributed by atoms with Crippen LogP contribution in [0.3, 0.4) is 0 Å². The molecule has 2 unspecified atom stereocenters. The third kappa shape index (κ3) is 2.60. The molecule has 0 aromatic heterocycles. The van der Waals surface area contributed by atoms with Gasteiger partial charge < -0.3 is 15.0 Å². The predicted molar refractivity (Wildman–Crippen MR) is 79.8 cm³/mol. The lowest BCUT2D eigenvalue weighted by atomic mass is 9.90. The first-order valence-corrected chi connectivity index (χ1v) is 7.18. The average Bonchev–Trinajstić information content (AvgIpc) is 2.50. The highest BCUT2D eigenvalue weighted by atomic mass is 16.5. The number of para-hydroxylation sites is 1. The Morgan fingerprint density at radius 1 is 1.33 bits per heavy atom. The number of piperazine rings is 1. The summed E-state index contributed by atoms with van der Waals surface area (Å²) in [4.78, 5) is 26.5. The summed E-state index contributed by atoms with van der Waals surface area (Å²) in [5.41, 5.74) is 0.0692. The second-order valence-corrected chi connectivity index (χ2v) is 5.56. The minimum Gasteiger partial charge on any atom is -0.496 e. The van der Waals surface area contributed by atoms with Crippen LogP contribution in [0.4, 0.5) is 0 Å². The lowest BCUT2D eigenvalue weighted by Crippen LogP contribution is -2.68. The first-order chi connectivity index (χ1) is 9.93. The van der Waals surface area contributed by atoms with E-state index >= 15 is 0 Å². The number of carbonyl (C=O) groups excluding carboxylic acids is 2. The van der Waals surface area contributed by atoms with Crippen LogP contribution in [0.15, 0.2) is 24.3 Å². The molecular weight excluding hydrogens is 268 g/mol. The number of nitrogens with one attached hydrogen (secondary N) is 1. The van der Waals surface area contributed by atoms with E-state index in [1.807, 2.05) is 38.1 Å². The van der Waals surface area contributed by atoms with Crippen LogP contribution in [0.2, 0.25) is 0 Å². The van der Waals surface area contributed by atoms with Crippen molar-refractivity contribution in [3.8, 4) is 5.75 Å². The average molecular weight is 290 g/mol. The van der Waals surface area contributed by atoms with E-state index in [4.69, 9.17) is 4.74 Å². The smallest absolute Gasteiger partial charge is 0.246 e. The molecule has 1 fully saturated rings. The number of rotatable bonds is 4. The SMILES string of the molecule is CCC1(C)C(=O)NC(C)C(=O)N1Cc1ccccc1OC. The lowest BCUT2D eigenvalue weighted by molar-refractivity contribution is -0.157. The Balaban J connectivity index is 2.38. The standard InChI is InChI=1S/C16H22N2O3/c1-5-16(3)15(20)17-11(2)14(19)18(16)10-12-8-6-7-9-13(12)21-4/h6-9,11H,5,10H2,1-4H3,(H,17,20). The number of methoxy groups -OCH3 is 1. The van der Waals surface area contributed by atoms with Crippen LogP contribution in [-0.4, -0.2) is 35.4 Å². The van der Waals surface area contributed by atoms with Gasteiger partial charge in [0.1, 0.15) is 17.3 Å². The molecular formula is C16H22N2O3. The second kappa shape index (κ2) is 5.76. The van der Waals surface area contributed by atoms with Crippen LogP contribution < -0.4 is 10.1 Å². The number of hydrogen-bond donors (Lipinski definition) is 1. The van der Waals surface area contributed by atoms with Gasteiger partial charge in [-0.05, 0) is 26.3 Å². The molecule has 1 N–H and O–H groups in total. The van der Waals surface area contributed by atoms with Crippen molar-refractivity contribution < 1.29 is 14.3 Å². The molecule has 2 atom stereocenters.